The molecule has 8 heteroatoms. The van der Waals surface area contributed by atoms with E-state index in [1.165, 1.54) is 6.20 Å². The van der Waals surface area contributed by atoms with Crippen LogP contribution < -0.4 is 10.1 Å². The zero-order chi connectivity index (χ0) is 14.7. The second kappa shape index (κ2) is 7.53. The molecule has 1 aromatic carbocycles. The molecule has 0 radical (unpaired) electrons. The number of methoxy groups -OCH3 is 1. The van der Waals surface area contributed by atoms with Crippen LogP contribution in [0.2, 0.25) is 0 Å². The molecule has 3 rings (SSSR count). The molecule has 1 saturated heterocycles. The zero-order valence-electron chi connectivity index (χ0n) is 12.1. The second-order valence-corrected chi connectivity index (χ2v) is 5.53. The highest BCUT2D eigenvalue weighted by Crippen LogP contribution is 2.31. The van der Waals surface area contributed by atoms with E-state index in [0.717, 1.165) is 29.4 Å². The largest absolute Gasteiger partial charge is 0.496 e. The lowest BCUT2D eigenvalue weighted by Gasteiger charge is -2.36. The number of amides is 1. The molecule has 1 aliphatic rings. The molecule has 1 atom stereocenters. The first-order valence-corrected chi connectivity index (χ1v) is 7.50. The SMILES string of the molecule is COc1ccccc1C1CNCCN1C(=O)c1cnns1.Cl. The molecule has 22 heavy (non-hydrogen) atoms. The summed E-state index contributed by atoms with van der Waals surface area (Å²) < 4.78 is 9.20. The van der Waals surface area contributed by atoms with Gasteiger partial charge in [0, 0.05) is 25.2 Å². The Kier molecular flexibility index (Phi) is 5.70. The number of para-hydroxylation sites is 1. The summed E-state index contributed by atoms with van der Waals surface area (Å²) in [6, 6.07) is 7.76. The molecule has 1 amide bonds. The molecular formula is C14H17ClN4O2S. The van der Waals surface area contributed by atoms with Crippen LogP contribution in [0, 0.1) is 0 Å². The molecular weight excluding hydrogens is 324 g/mol. The van der Waals surface area contributed by atoms with E-state index in [0.29, 0.717) is 18.0 Å². The Morgan fingerprint density at radius 3 is 3.00 bits per heavy atom. The summed E-state index contributed by atoms with van der Waals surface area (Å²) in [6.07, 6.45) is 1.52. The Balaban J connectivity index is 0.00000176. The van der Waals surface area contributed by atoms with Crippen LogP contribution >= 0.6 is 23.9 Å². The lowest BCUT2D eigenvalue weighted by molar-refractivity contribution is 0.0636. The number of piperazine rings is 1. The van der Waals surface area contributed by atoms with Crippen molar-refractivity contribution < 1.29 is 9.53 Å². The Hall–Kier alpha value is -1.70. The maximum absolute atomic E-state index is 12.6. The predicted molar refractivity (Wildman–Crippen MR) is 86.8 cm³/mol. The number of hydrogen-bond donors (Lipinski definition) is 1. The molecule has 2 aromatic rings. The minimum Gasteiger partial charge on any atom is -0.496 e. The summed E-state index contributed by atoms with van der Waals surface area (Å²) in [5, 5.41) is 7.09. The van der Waals surface area contributed by atoms with Crippen molar-refractivity contribution in [2.45, 2.75) is 6.04 Å². The summed E-state index contributed by atoms with van der Waals surface area (Å²) in [6.45, 7) is 2.14. The number of halogens is 1. The van der Waals surface area contributed by atoms with E-state index in [4.69, 9.17) is 4.74 Å². The number of rotatable bonds is 3. The smallest absolute Gasteiger partial charge is 0.267 e. The van der Waals surface area contributed by atoms with E-state index >= 15 is 0 Å². The highest BCUT2D eigenvalue weighted by Gasteiger charge is 2.31. The fourth-order valence-electron chi connectivity index (χ4n) is 2.57. The van der Waals surface area contributed by atoms with Crippen molar-refractivity contribution in [2.75, 3.05) is 26.7 Å². The third kappa shape index (κ3) is 3.21. The van der Waals surface area contributed by atoms with E-state index < -0.39 is 0 Å². The second-order valence-electron chi connectivity index (χ2n) is 4.74. The van der Waals surface area contributed by atoms with Crippen molar-refractivity contribution in [3.05, 3.63) is 40.9 Å². The average Bonchev–Trinajstić information content (AvgIpc) is 3.08. The molecule has 0 aliphatic carbocycles. The Morgan fingerprint density at radius 2 is 2.27 bits per heavy atom. The van der Waals surface area contributed by atoms with Gasteiger partial charge in [-0.3, -0.25) is 4.79 Å². The number of benzene rings is 1. The molecule has 118 valence electrons. The summed E-state index contributed by atoms with van der Waals surface area (Å²) >= 11 is 1.13. The van der Waals surface area contributed by atoms with Gasteiger partial charge in [-0.2, -0.15) is 0 Å². The van der Waals surface area contributed by atoms with E-state index in [1.807, 2.05) is 29.2 Å². The van der Waals surface area contributed by atoms with Crippen LogP contribution in [-0.4, -0.2) is 47.1 Å². The van der Waals surface area contributed by atoms with Gasteiger partial charge in [-0.25, -0.2) is 0 Å². The molecule has 1 unspecified atom stereocenters. The molecule has 1 fully saturated rings. The van der Waals surface area contributed by atoms with Crippen LogP contribution in [0.3, 0.4) is 0 Å². The van der Waals surface area contributed by atoms with Crippen molar-refractivity contribution in [3.8, 4) is 5.75 Å². The predicted octanol–water partition coefficient (Wildman–Crippen LogP) is 1.76. The van der Waals surface area contributed by atoms with Gasteiger partial charge in [0.05, 0.1) is 19.3 Å². The number of carbonyl (C=O) groups excluding carboxylic acids is 1. The molecule has 2 heterocycles. The van der Waals surface area contributed by atoms with Gasteiger partial charge in [-0.1, -0.05) is 22.7 Å². The lowest BCUT2D eigenvalue weighted by atomic mass is 10.0. The molecule has 1 aromatic heterocycles. The normalized spacial score (nSPS) is 17.7. The zero-order valence-corrected chi connectivity index (χ0v) is 13.7. The first kappa shape index (κ1) is 16.7. The van der Waals surface area contributed by atoms with Crippen molar-refractivity contribution in [1.82, 2.24) is 19.8 Å². The first-order chi connectivity index (χ1) is 10.3. The number of carbonyl (C=O) groups is 1. The highest BCUT2D eigenvalue weighted by atomic mass is 35.5. The van der Waals surface area contributed by atoms with Crippen molar-refractivity contribution in [1.29, 1.82) is 0 Å². The van der Waals surface area contributed by atoms with Crippen molar-refractivity contribution >= 4 is 29.8 Å². The maximum atomic E-state index is 12.6. The quantitative estimate of drug-likeness (QED) is 0.922. The van der Waals surface area contributed by atoms with Gasteiger partial charge < -0.3 is 15.0 Å². The number of ether oxygens (including phenoxy) is 1. The fourth-order valence-corrected chi connectivity index (χ4v) is 3.04. The van der Waals surface area contributed by atoms with Crippen molar-refractivity contribution in [3.63, 3.8) is 0 Å². The number of nitrogens with one attached hydrogen (secondary N) is 1. The molecule has 6 nitrogen and oxygen atoms in total. The van der Waals surface area contributed by atoms with Gasteiger partial charge in [0.15, 0.2) is 0 Å². The van der Waals surface area contributed by atoms with Gasteiger partial charge in [-0.15, -0.1) is 17.5 Å². The van der Waals surface area contributed by atoms with E-state index in [9.17, 15) is 4.79 Å². The number of hydrogen-bond acceptors (Lipinski definition) is 6. The fraction of sp³-hybridized carbons (Fsp3) is 0.357. The minimum absolute atomic E-state index is 0. The summed E-state index contributed by atoms with van der Waals surface area (Å²) in [4.78, 5) is 15.1. The van der Waals surface area contributed by atoms with E-state index in [-0.39, 0.29) is 24.4 Å². The standard InChI is InChI=1S/C14H16N4O2S.ClH/c1-20-12-5-3-2-4-10(12)11-8-15-6-7-18(11)14(19)13-9-16-17-21-13;/h2-5,9,11,15H,6-8H2,1H3;1H. The van der Waals surface area contributed by atoms with E-state index in [2.05, 4.69) is 14.9 Å². The lowest BCUT2D eigenvalue weighted by Crippen LogP contribution is -2.48. The maximum Gasteiger partial charge on any atom is 0.267 e. The first-order valence-electron chi connectivity index (χ1n) is 6.73. The average molecular weight is 341 g/mol. The Morgan fingerprint density at radius 1 is 1.45 bits per heavy atom. The molecule has 1 N–H and O–H groups in total. The van der Waals surface area contributed by atoms with Gasteiger partial charge in [0.2, 0.25) is 0 Å². The molecule has 0 saturated carbocycles. The van der Waals surface area contributed by atoms with E-state index in [1.54, 1.807) is 7.11 Å². The monoisotopic (exact) mass is 340 g/mol. The summed E-state index contributed by atoms with van der Waals surface area (Å²) in [7, 11) is 1.65. The third-order valence-electron chi connectivity index (χ3n) is 3.57. The Labute approximate surface area is 139 Å². The van der Waals surface area contributed by atoms with Crippen LogP contribution in [0.15, 0.2) is 30.5 Å². The number of aromatic nitrogens is 2. The topological polar surface area (TPSA) is 67.3 Å². The highest BCUT2D eigenvalue weighted by molar-refractivity contribution is 7.07. The van der Waals surface area contributed by atoms with Crippen LogP contribution in [-0.2, 0) is 0 Å². The van der Waals surface area contributed by atoms with Crippen LogP contribution in [0.25, 0.3) is 0 Å². The molecule has 0 spiro atoms. The van der Waals surface area contributed by atoms with Gasteiger partial charge >= 0.3 is 0 Å². The number of nitrogens with zero attached hydrogens (tertiary/aromatic N) is 3. The van der Waals surface area contributed by atoms with Gasteiger partial charge in [0.25, 0.3) is 5.91 Å². The third-order valence-corrected chi connectivity index (χ3v) is 4.23. The minimum atomic E-state index is -0.0514. The summed E-state index contributed by atoms with van der Waals surface area (Å²) in [5.41, 5.74) is 1.01. The Bertz CT molecular complexity index is 623. The van der Waals surface area contributed by atoms with Crippen LogP contribution in [0.5, 0.6) is 5.75 Å². The van der Waals surface area contributed by atoms with Crippen LogP contribution in [0.4, 0.5) is 0 Å². The molecule has 1 aliphatic heterocycles. The van der Waals surface area contributed by atoms with Gasteiger partial charge in [0.1, 0.15) is 10.6 Å². The van der Waals surface area contributed by atoms with Crippen molar-refractivity contribution in [2.24, 2.45) is 0 Å². The summed E-state index contributed by atoms with van der Waals surface area (Å²) in [5.74, 6) is 0.772. The van der Waals surface area contributed by atoms with Crippen LogP contribution in [0.1, 0.15) is 21.3 Å². The van der Waals surface area contributed by atoms with Gasteiger partial charge in [-0.05, 0) is 17.6 Å². The molecule has 0 bridgehead atoms.